The highest BCUT2D eigenvalue weighted by atomic mass is 16.6. The van der Waals surface area contributed by atoms with Crippen LogP contribution in [-0.4, -0.2) is 99.9 Å². The van der Waals surface area contributed by atoms with Gasteiger partial charge in [-0.05, 0) is 54.7 Å². The molecule has 5 N–H and O–H groups in total. The van der Waals surface area contributed by atoms with Crippen molar-refractivity contribution in [2.24, 2.45) is 17.1 Å². The number of ether oxygens (including phenoxy) is 2. The predicted octanol–water partition coefficient (Wildman–Crippen LogP) is 4.18. The quantitative estimate of drug-likeness (QED) is 0.139. The van der Waals surface area contributed by atoms with E-state index in [4.69, 9.17) is 15.2 Å². The number of methoxy groups -OCH3 is 1. The van der Waals surface area contributed by atoms with E-state index in [9.17, 15) is 24.3 Å². The van der Waals surface area contributed by atoms with Crippen LogP contribution in [0.5, 0.6) is 5.75 Å². The molecular formula is C41H57N7O7. The van der Waals surface area contributed by atoms with Crippen LogP contribution in [0, 0.1) is 18.3 Å². The van der Waals surface area contributed by atoms with Gasteiger partial charge in [0.05, 0.1) is 31.5 Å². The van der Waals surface area contributed by atoms with Crippen molar-refractivity contribution in [2.75, 3.05) is 26.7 Å². The minimum Gasteiger partial charge on any atom is -0.497 e. The van der Waals surface area contributed by atoms with Crippen LogP contribution >= 0.6 is 0 Å². The summed E-state index contributed by atoms with van der Waals surface area (Å²) in [4.78, 5) is 61.6. The van der Waals surface area contributed by atoms with Crippen molar-refractivity contribution in [2.45, 2.75) is 91.8 Å². The monoisotopic (exact) mass is 759 g/mol. The van der Waals surface area contributed by atoms with Gasteiger partial charge in [0.25, 0.3) is 5.91 Å². The number of nitrogens with two attached hydrogens (primary N) is 1. The Hall–Kier alpha value is -5.21. The summed E-state index contributed by atoms with van der Waals surface area (Å²) in [6, 6.07) is 20.5. The average molecular weight is 760 g/mol. The van der Waals surface area contributed by atoms with Crippen molar-refractivity contribution in [1.29, 1.82) is 0 Å². The first-order valence-electron chi connectivity index (χ1n) is 18.7. The van der Waals surface area contributed by atoms with E-state index in [1.165, 1.54) is 5.01 Å². The van der Waals surface area contributed by atoms with Crippen molar-refractivity contribution >= 4 is 23.9 Å². The molecule has 0 aliphatic carbocycles. The van der Waals surface area contributed by atoms with E-state index in [-0.39, 0.29) is 37.4 Å². The first-order chi connectivity index (χ1) is 26.1. The molecule has 14 nitrogen and oxygen atoms in total. The van der Waals surface area contributed by atoms with E-state index < -0.39 is 41.7 Å². The minimum atomic E-state index is -1.25. The molecule has 5 atom stereocenters. The summed E-state index contributed by atoms with van der Waals surface area (Å²) in [7, 11) is 1.55. The van der Waals surface area contributed by atoms with Gasteiger partial charge < -0.3 is 35.4 Å². The Labute approximate surface area is 324 Å². The maximum Gasteiger partial charge on any atom is 0.405 e. The number of rotatable bonds is 18. The van der Waals surface area contributed by atoms with Gasteiger partial charge >= 0.3 is 12.1 Å². The van der Waals surface area contributed by atoms with Gasteiger partial charge in [-0.3, -0.25) is 20.0 Å². The van der Waals surface area contributed by atoms with Gasteiger partial charge in [0.2, 0.25) is 5.91 Å². The third-order valence-electron chi connectivity index (χ3n) is 9.75. The predicted molar refractivity (Wildman–Crippen MR) is 208 cm³/mol. The molecule has 14 heteroatoms. The molecule has 1 aromatic heterocycles. The molecule has 0 radical (unpaired) electrons. The van der Waals surface area contributed by atoms with Crippen LogP contribution in [-0.2, 0) is 33.8 Å². The summed E-state index contributed by atoms with van der Waals surface area (Å²) >= 11 is 0. The van der Waals surface area contributed by atoms with Crippen LogP contribution in [0.2, 0.25) is 0 Å². The topological polar surface area (TPSA) is 180 Å². The fourth-order valence-corrected chi connectivity index (χ4v) is 6.69. The van der Waals surface area contributed by atoms with Crippen LogP contribution in [0.1, 0.15) is 63.6 Å². The third-order valence-corrected chi connectivity index (χ3v) is 9.75. The summed E-state index contributed by atoms with van der Waals surface area (Å²) in [6.07, 6.45) is -2.67. The summed E-state index contributed by atoms with van der Waals surface area (Å²) in [5, 5.41) is 16.6. The average Bonchev–Trinajstić information content (AvgIpc) is 3.48. The molecule has 0 bridgehead atoms. The zero-order chi connectivity index (χ0) is 40.3. The summed E-state index contributed by atoms with van der Waals surface area (Å²) < 4.78 is 10.6. The van der Waals surface area contributed by atoms with Gasteiger partial charge in [0.15, 0.2) is 6.10 Å². The number of primary amides is 1. The van der Waals surface area contributed by atoms with Gasteiger partial charge in [0, 0.05) is 37.3 Å². The van der Waals surface area contributed by atoms with Crippen LogP contribution < -0.4 is 21.2 Å². The molecule has 0 saturated carbocycles. The molecule has 55 heavy (non-hydrogen) atoms. The van der Waals surface area contributed by atoms with Gasteiger partial charge in [-0.15, -0.1) is 0 Å². The highest BCUT2D eigenvalue weighted by Crippen LogP contribution is 2.25. The third kappa shape index (κ3) is 12.1. The molecule has 2 aromatic carbocycles. The van der Waals surface area contributed by atoms with E-state index in [1.54, 1.807) is 49.8 Å². The number of hydrogen-bond donors (Lipinski definition) is 4. The summed E-state index contributed by atoms with van der Waals surface area (Å²) in [5.74, 6) is -0.618. The van der Waals surface area contributed by atoms with Crippen LogP contribution in [0.4, 0.5) is 9.59 Å². The maximum atomic E-state index is 14.4. The molecule has 298 valence electrons. The number of aliphatic hydroxyl groups excluding tert-OH is 1. The van der Waals surface area contributed by atoms with Crippen molar-refractivity contribution in [3.63, 3.8) is 0 Å². The fourth-order valence-electron chi connectivity index (χ4n) is 6.69. The number of carbonyl (C=O) groups excluding carboxylic acids is 4. The van der Waals surface area contributed by atoms with Gasteiger partial charge in [0.1, 0.15) is 11.8 Å². The number of pyridine rings is 1. The Bertz CT molecular complexity index is 1750. The Balaban J connectivity index is 1.61. The number of nitrogens with zero attached hydrogens (tertiary/aromatic N) is 4. The smallest absolute Gasteiger partial charge is 0.405 e. The number of nitrogens with one attached hydrogen (secondary N) is 2. The molecule has 0 spiro atoms. The molecule has 4 rings (SSSR count). The lowest BCUT2D eigenvalue weighted by Gasteiger charge is -2.35. The molecule has 0 unspecified atom stereocenters. The van der Waals surface area contributed by atoms with Crippen LogP contribution in [0.25, 0.3) is 0 Å². The van der Waals surface area contributed by atoms with E-state index in [0.29, 0.717) is 31.8 Å². The second-order valence-corrected chi connectivity index (χ2v) is 15.3. The molecule has 2 heterocycles. The number of urea groups is 1. The molecule has 5 amide bonds. The SMILES string of the molecule is CC[C@H](C)[C@@H](C(=O)N[C@@H](Cc1ccccc1)[C@@H](O)CN(Cc1cccc(OC)c1)NC(=O)[C@@H](OC(N)=O)C(C)(C)C)N1CCN(Cc2cccc(C)n2)C1=O. The molecule has 3 aromatic rings. The largest absolute Gasteiger partial charge is 0.497 e. The second kappa shape index (κ2) is 19.4. The Morgan fingerprint density at radius 1 is 1.00 bits per heavy atom. The van der Waals surface area contributed by atoms with E-state index in [1.807, 2.05) is 81.4 Å². The summed E-state index contributed by atoms with van der Waals surface area (Å²) in [5.41, 5.74) is 10.6. The number of aryl methyl sites for hydroxylation is 1. The zero-order valence-corrected chi connectivity index (χ0v) is 33.0. The molecule has 1 aliphatic rings. The Kier molecular flexibility index (Phi) is 15.0. The van der Waals surface area contributed by atoms with E-state index >= 15 is 0 Å². The molecule has 1 fully saturated rings. The lowest BCUT2D eigenvalue weighted by molar-refractivity contribution is -0.141. The highest BCUT2D eigenvalue weighted by Gasteiger charge is 2.41. The van der Waals surface area contributed by atoms with Gasteiger partial charge in [-0.1, -0.05) is 89.6 Å². The van der Waals surface area contributed by atoms with Crippen molar-refractivity contribution < 1.29 is 33.8 Å². The van der Waals surface area contributed by atoms with E-state index in [0.717, 1.165) is 22.5 Å². The Morgan fingerprint density at radius 3 is 2.33 bits per heavy atom. The lowest BCUT2D eigenvalue weighted by atomic mass is 9.88. The normalized spacial score (nSPS) is 15.9. The lowest BCUT2D eigenvalue weighted by Crippen LogP contribution is -2.59. The number of hydrogen-bond acceptors (Lipinski definition) is 9. The standard InChI is InChI=1S/C41H57N7O7/c1-8-27(2)35(48-21-20-46(40(48)53)25-31-18-12-14-28(3)43-31)37(50)44-33(23-29-15-10-9-11-16-29)34(49)26-47(24-30-17-13-19-32(22-30)54-7)45-38(51)36(41(4,5)6)55-39(42)52/h9-19,22,27,33-36,49H,8,20-21,23-26H2,1-7H3,(H2,42,52)(H,44,50)(H,45,51)/t27-,33-,34-,35-,36+/m0/s1. The van der Waals surface area contributed by atoms with E-state index in [2.05, 4.69) is 15.7 Å². The Morgan fingerprint density at radius 2 is 1.69 bits per heavy atom. The van der Waals surface area contributed by atoms with Crippen molar-refractivity contribution in [3.05, 3.63) is 95.3 Å². The summed E-state index contributed by atoms with van der Waals surface area (Å²) in [6.45, 7) is 12.2. The molecule has 1 saturated heterocycles. The number of hydrazine groups is 1. The number of benzene rings is 2. The molecule has 1 aliphatic heterocycles. The zero-order valence-electron chi connectivity index (χ0n) is 33.0. The number of aromatic nitrogens is 1. The van der Waals surface area contributed by atoms with Crippen molar-refractivity contribution in [3.8, 4) is 5.75 Å². The van der Waals surface area contributed by atoms with Crippen LogP contribution in [0.3, 0.4) is 0 Å². The first-order valence-corrected chi connectivity index (χ1v) is 18.7. The minimum absolute atomic E-state index is 0.128. The first kappa shape index (κ1) is 42.5. The second-order valence-electron chi connectivity index (χ2n) is 15.3. The fraction of sp³-hybridized carbons (Fsp3) is 0.488. The van der Waals surface area contributed by atoms with Crippen LogP contribution in [0.15, 0.2) is 72.8 Å². The highest BCUT2D eigenvalue weighted by molar-refractivity contribution is 5.88. The number of amides is 5. The number of carbonyl (C=O) groups is 4. The molecular weight excluding hydrogens is 702 g/mol. The maximum absolute atomic E-state index is 14.4. The van der Waals surface area contributed by atoms with Gasteiger partial charge in [-0.2, -0.15) is 0 Å². The number of aliphatic hydroxyl groups is 1. The van der Waals surface area contributed by atoms with Crippen molar-refractivity contribution in [1.82, 2.24) is 30.5 Å². The van der Waals surface area contributed by atoms with Gasteiger partial charge in [-0.25, -0.2) is 14.6 Å².